The molecule has 68 valence electrons. The summed E-state index contributed by atoms with van der Waals surface area (Å²) in [6, 6.07) is 0. The summed E-state index contributed by atoms with van der Waals surface area (Å²) in [5.41, 5.74) is 5.63. The van der Waals surface area contributed by atoms with Crippen LogP contribution in [-0.4, -0.2) is 20.1 Å². The van der Waals surface area contributed by atoms with Crippen LogP contribution in [0.2, 0.25) is 0 Å². The zero-order valence-corrected chi connectivity index (χ0v) is 8.06. The van der Waals surface area contributed by atoms with Gasteiger partial charge in [0.15, 0.2) is 0 Å². The van der Waals surface area contributed by atoms with E-state index in [1.165, 1.54) is 12.8 Å². The van der Waals surface area contributed by atoms with Crippen LogP contribution in [0.5, 0.6) is 0 Å². The number of nitrogens with one attached hydrogen (secondary N) is 1. The van der Waals surface area contributed by atoms with Gasteiger partial charge in [0.25, 0.3) is 0 Å². The average molecular weight is 158 g/mol. The van der Waals surface area contributed by atoms with Crippen molar-refractivity contribution in [3.63, 3.8) is 0 Å². The number of hydrogen-bond acceptors (Lipinski definition) is 2. The average Bonchev–Trinajstić information content (AvgIpc) is 1.97. The molecule has 0 aromatic rings. The molecule has 0 aliphatic rings. The lowest BCUT2D eigenvalue weighted by molar-refractivity contribution is 0.390. The summed E-state index contributed by atoms with van der Waals surface area (Å²) < 4.78 is 0. The largest absolute Gasteiger partial charge is 0.330 e. The number of nitrogens with two attached hydrogens (primary N) is 1. The molecule has 0 radical (unpaired) electrons. The molecule has 0 fully saturated rings. The fraction of sp³-hybridized carbons (Fsp3) is 1.00. The predicted octanol–water partition coefficient (Wildman–Crippen LogP) is 1.22. The summed E-state index contributed by atoms with van der Waals surface area (Å²) >= 11 is 0. The molecular formula is C9H22N2. The van der Waals surface area contributed by atoms with Gasteiger partial charge in [-0.2, -0.15) is 0 Å². The van der Waals surface area contributed by atoms with Crippen LogP contribution in [0.1, 0.15) is 26.7 Å². The van der Waals surface area contributed by atoms with Gasteiger partial charge < -0.3 is 11.1 Å². The maximum atomic E-state index is 5.63. The van der Waals surface area contributed by atoms with Gasteiger partial charge in [-0.15, -0.1) is 0 Å². The quantitative estimate of drug-likeness (QED) is 0.610. The second-order valence-corrected chi connectivity index (χ2v) is 3.62. The topological polar surface area (TPSA) is 38.0 Å². The summed E-state index contributed by atoms with van der Waals surface area (Å²) in [6.45, 7) is 6.43. The summed E-state index contributed by atoms with van der Waals surface area (Å²) in [4.78, 5) is 0. The fourth-order valence-electron chi connectivity index (χ4n) is 1.35. The van der Waals surface area contributed by atoms with E-state index < -0.39 is 0 Å². The van der Waals surface area contributed by atoms with Crippen molar-refractivity contribution in [2.45, 2.75) is 26.7 Å². The van der Waals surface area contributed by atoms with E-state index in [1.54, 1.807) is 0 Å². The van der Waals surface area contributed by atoms with Crippen molar-refractivity contribution in [3.05, 3.63) is 0 Å². The molecule has 3 N–H and O–H groups in total. The Morgan fingerprint density at radius 1 is 1.36 bits per heavy atom. The van der Waals surface area contributed by atoms with Crippen molar-refractivity contribution in [2.24, 2.45) is 17.6 Å². The molecule has 0 saturated heterocycles. The second kappa shape index (κ2) is 6.62. The third-order valence-electron chi connectivity index (χ3n) is 1.94. The van der Waals surface area contributed by atoms with E-state index in [0.29, 0.717) is 5.92 Å². The zero-order valence-electron chi connectivity index (χ0n) is 8.06. The fourth-order valence-corrected chi connectivity index (χ4v) is 1.35. The first-order valence-corrected chi connectivity index (χ1v) is 4.55. The van der Waals surface area contributed by atoms with Crippen LogP contribution in [0.4, 0.5) is 0 Å². The number of hydrogen-bond donors (Lipinski definition) is 2. The van der Waals surface area contributed by atoms with E-state index in [-0.39, 0.29) is 0 Å². The Labute approximate surface area is 70.5 Å². The van der Waals surface area contributed by atoms with Gasteiger partial charge in [0.2, 0.25) is 0 Å². The maximum absolute atomic E-state index is 5.63. The smallest absolute Gasteiger partial charge is 0.00483 e. The van der Waals surface area contributed by atoms with Crippen molar-refractivity contribution in [1.82, 2.24) is 5.32 Å². The maximum Gasteiger partial charge on any atom is -0.00483 e. The molecule has 0 aromatic carbocycles. The summed E-state index contributed by atoms with van der Waals surface area (Å²) in [6.07, 6.45) is 2.48. The SMILES string of the molecule is CNCCC(CN)CC(C)C. The molecule has 0 heterocycles. The highest BCUT2D eigenvalue weighted by molar-refractivity contribution is 4.62. The number of rotatable bonds is 6. The highest BCUT2D eigenvalue weighted by Crippen LogP contribution is 2.12. The molecule has 0 rings (SSSR count). The standard InChI is InChI=1S/C9H22N2/c1-8(2)6-9(7-10)4-5-11-3/h8-9,11H,4-7,10H2,1-3H3. The lowest BCUT2D eigenvalue weighted by Crippen LogP contribution is -2.21. The molecular weight excluding hydrogens is 136 g/mol. The van der Waals surface area contributed by atoms with Crippen LogP contribution in [0.25, 0.3) is 0 Å². The van der Waals surface area contributed by atoms with E-state index in [9.17, 15) is 0 Å². The van der Waals surface area contributed by atoms with Gasteiger partial charge in [0.1, 0.15) is 0 Å². The van der Waals surface area contributed by atoms with Gasteiger partial charge in [0.05, 0.1) is 0 Å². The van der Waals surface area contributed by atoms with E-state index in [0.717, 1.165) is 19.0 Å². The third kappa shape index (κ3) is 6.32. The van der Waals surface area contributed by atoms with Crippen molar-refractivity contribution >= 4 is 0 Å². The molecule has 0 amide bonds. The lowest BCUT2D eigenvalue weighted by Gasteiger charge is -2.16. The molecule has 0 spiro atoms. The summed E-state index contributed by atoms with van der Waals surface area (Å²) in [5.74, 6) is 1.49. The minimum absolute atomic E-state index is 0.711. The van der Waals surface area contributed by atoms with E-state index >= 15 is 0 Å². The van der Waals surface area contributed by atoms with Gasteiger partial charge in [-0.25, -0.2) is 0 Å². The first-order chi connectivity index (χ1) is 5.20. The van der Waals surface area contributed by atoms with Gasteiger partial charge in [-0.1, -0.05) is 13.8 Å². The van der Waals surface area contributed by atoms with E-state index in [1.807, 2.05) is 7.05 Å². The minimum atomic E-state index is 0.711. The normalized spacial score (nSPS) is 13.9. The molecule has 2 heteroatoms. The van der Waals surface area contributed by atoms with Crippen molar-refractivity contribution in [3.8, 4) is 0 Å². The highest BCUT2D eigenvalue weighted by Gasteiger charge is 2.07. The van der Waals surface area contributed by atoms with Crippen LogP contribution < -0.4 is 11.1 Å². The monoisotopic (exact) mass is 158 g/mol. The Morgan fingerprint density at radius 2 is 2.00 bits per heavy atom. The lowest BCUT2D eigenvalue weighted by atomic mass is 9.94. The predicted molar refractivity (Wildman–Crippen MR) is 50.5 cm³/mol. The highest BCUT2D eigenvalue weighted by atomic mass is 14.8. The second-order valence-electron chi connectivity index (χ2n) is 3.62. The zero-order chi connectivity index (χ0) is 8.69. The molecule has 0 aromatic heterocycles. The Kier molecular flexibility index (Phi) is 6.57. The van der Waals surface area contributed by atoms with Crippen molar-refractivity contribution < 1.29 is 0 Å². The molecule has 0 aliphatic heterocycles. The van der Waals surface area contributed by atoms with Crippen LogP contribution in [0.3, 0.4) is 0 Å². The summed E-state index contributed by atoms with van der Waals surface area (Å²) in [5, 5.41) is 3.15. The Morgan fingerprint density at radius 3 is 2.36 bits per heavy atom. The van der Waals surface area contributed by atoms with Gasteiger partial charge >= 0.3 is 0 Å². The molecule has 0 aliphatic carbocycles. The Hall–Kier alpha value is -0.0800. The third-order valence-corrected chi connectivity index (χ3v) is 1.94. The molecule has 1 unspecified atom stereocenters. The van der Waals surface area contributed by atoms with Crippen molar-refractivity contribution in [2.75, 3.05) is 20.1 Å². The molecule has 11 heavy (non-hydrogen) atoms. The van der Waals surface area contributed by atoms with Crippen LogP contribution >= 0.6 is 0 Å². The first-order valence-electron chi connectivity index (χ1n) is 4.55. The summed E-state index contributed by atoms with van der Waals surface area (Å²) in [7, 11) is 1.99. The van der Waals surface area contributed by atoms with Crippen LogP contribution in [0.15, 0.2) is 0 Å². The van der Waals surface area contributed by atoms with Crippen LogP contribution in [0, 0.1) is 11.8 Å². The van der Waals surface area contributed by atoms with Gasteiger partial charge in [0, 0.05) is 0 Å². The molecule has 1 atom stereocenters. The van der Waals surface area contributed by atoms with Gasteiger partial charge in [-0.05, 0) is 44.8 Å². The van der Waals surface area contributed by atoms with E-state index in [2.05, 4.69) is 19.2 Å². The molecule has 0 saturated carbocycles. The Bertz CT molecular complexity index is 81.6. The van der Waals surface area contributed by atoms with Crippen LogP contribution in [-0.2, 0) is 0 Å². The molecule has 2 nitrogen and oxygen atoms in total. The van der Waals surface area contributed by atoms with Crippen molar-refractivity contribution in [1.29, 1.82) is 0 Å². The first kappa shape index (κ1) is 10.9. The molecule has 0 bridgehead atoms. The minimum Gasteiger partial charge on any atom is -0.330 e. The Balaban J connectivity index is 3.41. The van der Waals surface area contributed by atoms with E-state index in [4.69, 9.17) is 5.73 Å². The van der Waals surface area contributed by atoms with Gasteiger partial charge in [-0.3, -0.25) is 0 Å².